The summed E-state index contributed by atoms with van der Waals surface area (Å²) in [7, 11) is 1.39. The van der Waals surface area contributed by atoms with Crippen LogP contribution < -0.4 is 5.32 Å². The molecule has 3 nitrogen and oxygen atoms in total. The summed E-state index contributed by atoms with van der Waals surface area (Å²) in [6.07, 6.45) is 2.03. The Hall–Kier alpha value is -1.16. The lowest BCUT2D eigenvalue weighted by Crippen LogP contribution is -2.41. The van der Waals surface area contributed by atoms with E-state index in [-0.39, 0.29) is 5.97 Å². The van der Waals surface area contributed by atoms with Gasteiger partial charge in [0.1, 0.15) is 5.54 Å². The number of hydrogen-bond donors (Lipinski definition) is 1. The first-order chi connectivity index (χ1) is 7.49. The second-order valence-corrected chi connectivity index (χ2v) is 4.85. The quantitative estimate of drug-likeness (QED) is 0.647. The summed E-state index contributed by atoms with van der Waals surface area (Å²) in [6, 6.07) is 7.94. The van der Waals surface area contributed by atoms with Crippen molar-refractivity contribution >= 4 is 23.4 Å². The van der Waals surface area contributed by atoms with Crippen LogP contribution in [0, 0.1) is 0 Å². The maximum absolute atomic E-state index is 11.5. The van der Waals surface area contributed by atoms with E-state index < -0.39 is 5.54 Å². The van der Waals surface area contributed by atoms with E-state index in [0.29, 0.717) is 0 Å². The topological polar surface area (TPSA) is 38.3 Å². The van der Waals surface area contributed by atoms with Crippen molar-refractivity contribution < 1.29 is 9.53 Å². The molecule has 0 heterocycles. The molecule has 0 saturated heterocycles. The van der Waals surface area contributed by atoms with Crippen LogP contribution in [-0.4, -0.2) is 24.9 Å². The Morgan fingerprint density at radius 1 is 1.31 bits per heavy atom. The van der Waals surface area contributed by atoms with Gasteiger partial charge in [0.05, 0.1) is 7.11 Å². The van der Waals surface area contributed by atoms with Crippen molar-refractivity contribution in [2.75, 3.05) is 18.7 Å². The van der Waals surface area contributed by atoms with E-state index in [2.05, 4.69) is 5.32 Å². The van der Waals surface area contributed by atoms with Gasteiger partial charge in [0.15, 0.2) is 0 Å². The predicted molar refractivity (Wildman–Crippen MR) is 67.9 cm³/mol. The summed E-state index contributed by atoms with van der Waals surface area (Å²) in [5.74, 6) is -0.276. The molecule has 0 amide bonds. The molecule has 1 rings (SSSR count). The molecular formula is C12H17NO2S. The van der Waals surface area contributed by atoms with E-state index >= 15 is 0 Å². The summed E-state index contributed by atoms with van der Waals surface area (Å²) in [5.41, 5.74) is 0.198. The van der Waals surface area contributed by atoms with Gasteiger partial charge in [-0.05, 0) is 44.4 Å². The minimum Gasteiger partial charge on any atom is -0.467 e. The van der Waals surface area contributed by atoms with E-state index in [1.807, 2.05) is 30.5 Å². The molecule has 0 atom stereocenters. The highest BCUT2D eigenvalue weighted by molar-refractivity contribution is 7.98. The number of carbonyl (C=O) groups excluding carboxylic acids is 1. The Balaban J connectivity index is 2.76. The summed E-state index contributed by atoms with van der Waals surface area (Å²) in [5, 5.41) is 3.14. The zero-order valence-corrected chi connectivity index (χ0v) is 10.9. The molecule has 4 heteroatoms. The first kappa shape index (κ1) is 12.9. The number of ether oxygens (including phenoxy) is 1. The highest BCUT2D eigenvalue weighted by Gasteiger charge is 2.28. The Bertz CT molecular complexity index is 360. The number of methoxy groups -OCH3 is 1. The van der Waals surface area contributed by atoms with Crippen LogP contribution >= 0.6 is 11.8 Å². The van der Waals surface area contributed by atoms with Gasteiger partial charge in [-0.1, -0.05) is 0 Å². The lowest BCUT2D eigenvalue weighted by Gasteiger charge is -2.24. The highest BCUT2D eigenvalue weighted by Crippen LogP contribution is 2.20. The van der Waals surface area contributed by atoms with Gasteiger partial charge in [-0.15, -0.1) is 11.8 Å². The van der Waals surface area contributed by atoms with Gasteiger partial charge in [-0.25, -0.2) is 4.79 Å². The lowest BCUT2D eigenvalue weighted by atomic mass is 10.1. The Morgan fingerprint density at radius 2 is 1.88 bits per heavy atom. The van der Waals surface area contributed by atoms with Gasteiger partial charge >= 0.3 is 5.97 Å². The van der Waals surface area contributed by atoms with Crippen LogP contribution in [0.2, 0.25) is 0 Å². The molecule has 0 radical (unpaired) electrons. The van der Waals surface area contributed by atoms with Crippen LogP contribution in [0.25, 0.3) is 0 Å². The zero-order valence-electron chi connectivity index (χ0n) is 10.0. The fourth-order valence-electron chi connectivity index (χ4n) is 1.34. The Labute approximate surface area is 101 Å². The SMILES string of the molecule is COC(=O)C(C)(C)Nc1ccc(SC)cc1. The number of hydrogen-bond acceptors (Lipinski definition) is 4. The van der Waals surface area contributed by atoms with Crippen molar-refractivity contribution in [2.45, 2.75) is 24.3 Å². The van der Waals surface area contributed by atoms with E-state index in [1.165, 1.54) is 12.0 Å². The normalized spacial score (nSPS) is 11.0. The van der Waals surface area contributed by atoms with Crippen LogP contribution in [0.15, 0.2) is 29.2 Å². The number of rotatable bonds is 4. The summed E-state index contributed by atoms with van der Waals surface area (Å²) in [4.78, 5) is 12.7. The van der Waals surface area contributed by atoms with E-state index in [4.69, 9.17) is 4.74 Å². The molecule has 0 spiro atoms. The zero-order chi connectivity index (χ0) is 12.2. The smallest absolute Gasteiger partial charge is 0.330 e. The fourth-order valence-corrected chi connectivity index (χ4v) is 1.75. The van der Waals surface area contributed by atoms with Crippen molar-refractivity contribution in [2.24, 2.45) is 0 Å². The summed E-state index contributed by atoms with van der Waals surface area (Å²) < 4.78 is 4.73. The number of nitrogens with one attached hydrogen (secondary N) is 1. The third-order valence-corrected chi connectivity index (χ3v) is 2.99. The predicted octanol–water partition coefficient (Wildman–Crippen LogP) is 2.77. The van der Waals surface area contributed by atoms with Gasteiger partial charge in [0.2, 0.25) is 0 Å². The molecule has 16 heavy (non-hydrogen) atoms. The van der Waals surface area contributed by atoms with Crippen LogP contribution in [0.3, 0.4) is 0 Å². The molecule has 1 aromatic rings. The first-order valence-electron chi connectivity index (χ1n) is 5.00. The Morgan fingerprint density at radius 3 is 2.31 bits per heavy atom. The average Bonchev–Trinajstić information content (AvgIpc) is 2.28. The number of benzene rings is 1. The molecule has 0 saturated carbocycles. The number of esters is 1. The van der Waals surface area contributed by atoms with Gasteiger partial charge in [-0.3, -0.25) is 0 Å². The molecule has 0 unspecified atom stereocenters. The lowest BCUT2D eigenvalue weighted by molar-refractivity contribution is -0.144. The molecule has 1 aromatic carbocycles. The van der Waals surface area contributed by atoms with Crippen molar-refractivity contribution in [1.29, 1.82) is 0 Å². The number of carbonyl (C=O) groups is 1. The van der Waals surface area contributed by atoms with Crippen LogP contribution in [0.4, 0.5) is 5.69 Å². The van der Waals surface area contributed by atoms with Gasteiger partial charge in [-0.2, -0.15) is 0 Å². The molecule has 0 aromatic heterocycles. The largest absolute Gasteiger partial charge is 0.467 e. The van der Waals surface area contributed by atoms with Gasteiger partial charge in [0, 0.05) is 10.6 Å². The summed E-state index contributed by atoms with van der Waals surface area (Å²) in [6.45, 7) is 3.59. The van der Waals surface area contributed by atoms with Crippen molar-refractivity contribution in [3.8, 4) is 0 Å². The fraction of sp³-hybridized carbons (Fsp3) is 0.417. The third-order valence-electron chi connectivity index (χ3n) is 2.24. The van der Waals surface area contributed by atoms with Gasteiger partial charge in [0.25, 0.3) is 0 Å². The molecule has 1 N–H and O–H groups in total. The standard InChI is InChI=1S/C12H17NO2S/c1-12(2,11(14)15-3)13-9-5-7-10(16-4)8-6-9/h5-8,13H,1-4H3. The third kappa shape index (κ3) is 3.17. The van der Waals surface area contributed by atoms with Crippen LogP contribution in [0.1, 0.15) is 13.8 Å². The second kappa shape index (κ2) is 5.25. The minimum absolute atomic E-state index is 0.276. The first-order valence-corrected chi connectivity index (χ1v) is 6.22. The van der Waals surface area contributed by atoms with Gasteiger partial charge < -0.3 is 10.1 Å². The second-order valence-electron chi connectivity index (χ2n) is 3.97. The molecule has 0 aliphatic rings. The molecule has 88 valence electrons. The maximum Gasteiger partial charge on any atom is 0.330 e. The molecule has 0 aliphatic heterocycles. The van der Waals surface area contributed by atoms with Crippen LogP contribution in [0.5, 0.6) is 0 Å². The molecule has 0 fully saturated rings. The molecule has 0 bridgehead atoms. The molecule has 0 aliphatic carbocycles. The monoisotopic (exact) mass is 239 g/mol. The number of anilines is 1. The van der Waals surface area contributed by atoms with Crippen molar-refractivity contribution in [3.63, 3.8) is 0 Å². The van der Waals surface area contributed by atoms with Crippen molar-refractivity contribution in [3.05, 3.63) is 24.3 Å². The Kier molecular flexibility index (Phi) is 4.24. The highest BCUT2D eigenvalue weighted by atomic mass is 32.2. The van der Waals surface area contributed by atoms with E-state index in [0.717, 1.165) is 5.69 Å². The average molecular weight is 239 g/mol. The number of thioether (sulfide) groups is 1. The van der Waals surface area contributed by atoms with Crippen molar-refractivity contribution in [1.82, 2.24) is 0 Å². The minimum atomic E-state index is -0.713. The van der Waals surface area contributed by atoms with Crippen LogP contribution in [-0.2, 0) is 9.53 Å². The summed E-state index contributed by atoms with van der Waals surface area (Å²) >= 11 is 1.69. The van der Waals surface area contributed by atoms with E-state index in [9.17, 15) is 4.79 Å². The maximum atomic E-state index is 11.5. The van der Waals surface area contributed by atoms with E-state index in [1.54, 1.807) is 25.6 Å². The molecular weight excluding hydrogens is 222 g/mol.